The highest BCUT2D eigenvalue weighted by atomic mass is 35.5. The molecule has 23 heavy (non-hydrogen) atoms. The Morgan fingerprint density at radius 1 is 1.26 bits per heavy atom. The van der Waals surface area contributed by atoms with E-state index in [-0.39, 0.29) is 27.2 Å². The lowest BCUT2D eigenvalue weighted by molar-refractivity contribution is -0.384. The highest BCUT2D eigenvalue weighted by molar-refractivity contribution is 6.38. The first kappa shape index (κ1) is 17.4. The van der Waals surface area contributed by atoms with E-state index in [1.54, 1.807) is 0 Å². The van der Waals surface area contributed by atoms with Gasteiger partial charge in [0.2, 0.25) is 5.82 Å². The molecule has 0 saturated carbocycles. The minimum Gasteiger partial charge on any atom is -0.357 e. The number of anilines is 1. The monoisotopic (exact) mass is 368 g/mol. The first-order valence-corrected chi connectivity index (χ1v) is 6.76. The van der Waals surface area contributed by atoms with Crippen LogP contribution >= 0.6 is 23.2 Å². The minimum atomic E-state index is -4.62. The SMILES string of the molecule is CN(C)c1c([N+](=O)[O-])cnn1-c1c(Cl)cc(C(F)(F)F)cc1Cl. The molecular formula is C12H9Cl2F3N4O2. The summed E-state index contributed by atoms with van der Waals surface area (Å²) in [5, 5.41) is 14.2. The molecule has 1 aromatic heterocycles. The maximum Gasteiger partial charge on any atom is 0.416 e. The average molecular weight is 369 g/mol. The van der Waals surface area contributed by atoms with Gasteiger partial charge in [-0.05, 0) is 12.1 Å². The van der Waals surface area contributed by atoms with E-state index < -0.39 is 16.7 Å². The van der Waals surface area contributed by atoms with Gasteiger partial charge in [0.1, 0.15) is 11.9 Å². The predicted octanol–water partition coefficient (Wildman–Crippen LogP) is 4.17. The second-order valence-corrected chi connectivity index (χ2v) is 5.52. The molecule has 0 unspecified atom stereocenters. The summed E-state index contributed by atoms with van der Waals surface area (Å²) in [6.07, 6.45) is -3.65. The van der Waals surface area contributed by atoms with Gasteiger partial charge in [-0.1, -0.05) is 23.2 Å². The van der Waals surface area contributed by atoms with Crippen molar-refractivity contribution in [2.75, 3.05) is 19.0 Å². The van der Waals surface area contributed by atoms with Crippen molar-refractivity contribution < 1.29 is 18.1 Å². The number of hydrogen-bond donors (Lipinski definition) is 0. The second kappa shape index (κ2) is 5.89. The van der Waals surface area contributed by atoms with E-state index in [1.807, 2.05) is 0 Å². The van der Waals surface area contributed by atoms with Crippen LogP contribution in [0.4, 0.5) is 24.7 Å². The van der Waals surface area contributed by atoms with Crippen molar-refractivity contribution in [1.82, 2.24) is 9.78 Å². The summed E-state index contributed by atoms with van der Waals surface area (Å²) >= 11 is 11.8. The lowest BCUT2D eigenvalue weighted by Crippen LogP contribution is -2.16. The zero-order valence-electron chi connectivity index (χ0n) is 11.7. The average Bonchev–Trinajstić information content (AvgIpc) is 2.81. The van der Waals surface area contributed by atoms with Crippen LogP contribution in [0, 0.1) is 10.1 Å². The maximum atomic E-state index is 12.8. The fraction of sp³-hybridized carbons (Fsp3) is 0.250. The molecule has 0 aliphatic carbocycles. The first-order chi connectivity index (χ1) is 10.5. The number of rotatable bonds is 3. The fourth-order valence-electron chi connectivity index (χ4n) is 1.98. The lowest BCUT2D eigenvalue weighted by atomic mass is 10.2. The van der Waals surface area contributed by atoms with Crippen LogP contribution in [-0.4, -0.2) is 28.8 Å². The minimum absolute atomic E-state index is 0.0264. The van der Waals surface area contributed by atoms with E-state index in [4.69, 9.17) is 23.2 Å². The van der Waals surface area contributed by atoms with Crippen LogP contribution in [0.25, 0.3) is 5.69 Å². The Bertz CT molecular complexity index is 751. The quantitative estimate of drug-likeness (QED) is 0.602. The highest BCUT2D eigenvalue weighted by Crippen LogP contribution is 2.40. The smallest absolute Gasteiger partial charge is 0.357 e. The molecule has 0 aliphatic heterocycles. The summed E-state index contributed by atoms with van der Waals surface area (Å²) in [7, 11) is 3.04. The highest BCUT2D eigenvalue weighted by Gasteiger charge is 2.33. The van der Waals surface area contributed by atoms with E-state index in [2.05, 4.69) is 5.10 Å². The van der Waals surface area contributed by atoms with Crippen LogP contribution in [0.1, 0.15) is 5.56 Å². The van der Waals surface area contributed by atoms with Crippen molar-refractivity contribution in [3.63, 3.8) is 0 Å². The van der Waals surface area contributed by atoms with Crippen molar-refractivity contribution in [3.8, 4) is 5.69 Å². The Kier molecular flexibility index (Phi) is 4.45. The molecule has 124 valence electrons. The molecule has 1 heterocycles. The van der Waals surface area contributed by atoms with E-state index in [9.17, 15) is 23.3 Å². The molecule has 1 aromatic carbocycles. The van der Waals surface area contributed by atoms with E-state index >= 15 is 0 Å². The zero-order chi connectivity index (χ0) is 17.5. The Hall–Kier alpha value is -2.00. The molecule has 0 spiro atoms. The third-order valence-electron chi connectivity index (χ3n) is 2.90. The third-order valence-corrected chi connectivity index (χ3v) is 3.48. The Morgan fingerprint density at radius 3 is 2.17 bits per heavy atom. The molecule has 0 saturated heterocycles. The van der Waals surface area contributed by atoms with Crippen molar-refractivity contribution in [1.29, 1.82) is 0 Å². The molecule has 0 N–H and O–H groups in total. The van der Waals surface area contributed by atoms with Crippen LogP contribution in [0.5, 0.6) is 0 Å². The van der Waals surface area contributed by atoms with Gasteiger partial charge in [0.15, 0.2) is 0 Å². The van der Waals surface area contributed by atoms with E-state index in [0.717, 1.165) is 10.9 Å². The summed E-state index contributed by atoms with van der Waals surface area (Å²) in [6, 6.07) is 1.38. The van der Waals surface area contributed by atoms with Crippen LogP contribution in [0.15, 0.2) is 18.3 Å². The number of nitrogens with zero attached hydrogens (tertiary/aromatic N) is 4. The predicted molar refractivity (Wildman–Crippen MR) is 79.6 cm³/mol. The van der Waals surface area contributed by atoms with Gasteiger partial charge in [-0.3, -0.25) is 10.1 Å². The molecule has 2 aromatic rings. The normalized spacial score (nSPS) is 11.6. The largest absolute Gasteiger partial charge is 0.416 e. The molecule has 0 bridgehead atoms. The Balaban J connectivity index is 2.71. The lowest BCUT2D eigenvalue weighted by Gasteiger charge is -2.17. The van der Waals surface area contributed by atoms with Crippen molar-refractivity contribution in [2.45, 2.75) is 6.18 Å². The number of benzene rings is 1. The maximum absolute atomic E-state index is 12.8. The Labute approximate surface area is 138 Å². The van der Waals surface area contributed by atoms with Gasteiger partial charge in [-0.25, -0.2) is 4.68 Å². The second-order valence-electron chi connectivity index (χ2n) is 4.70. The Morgan fingerprint density at radius 2 is 1.78 bits per heavy atom. The topological polar surface area (TPSA) is 64.2 Å². The molecule has 0 radical (unpaired) electrons. The van der Waals surface area contributed by atoms with Gasteiger partial charge >= 0.3 is 11.9 Å². The van der Waals surface area contributed by atoms with Gasteiger partial charge in [0, 0.05) is 14.1 Å². The number of nitro groups is 1. The molecule has 0 aliphatic rings. The first-order valence-electron chi connectivity index (χ1n) is 6.00. The van der Waals surface area contributed by atoms with Gasteiger partial charge in [-0.15, -0.1) is 0 Å². The summed E-state index contributed by atoms with van der Waals surface area (Å²) in [5.74, 6) is 0.0264. The number of aromatic nitrogens is 2. The van der Waals surface area contributed by atoms with Crippen LogP contribution in [0.2, 0.25) is 10.0 Å². The van der Waals surface area contributed by atoms with Gasteiger partial charge in [0.25, 0.3) is 0 Å². The van der Waals surface area contributed by atoms with Crippen LogP contribution in [-0.2, 0) is 6.18 Å². The van der Waals surface area contributed by atoms with E-state index in [1.165, 1.54) is 19.0 Å². The molecule has 6 nitrogen and oxygen atoms in total. The number of halogens is 5. The molecular weight excluding hydrogens is 360 g/mol. The van der Waals surface area contributed by atoms with Gasteiger partial charge < -0.3 is 4.90 Å². The van der Waals surface area contributed by atoms with Crippen LogP contribution in [0.3, 0.4) is 0 Å². The summed E-state index contributed by atoms with van der Waals surface area (Å²) in [6.45, 7) is 0. The van der Waals surface area contributed by atoms with Gasteiger partial charge in [0.05, 0.1) is 20.5 Å². The number of alkyl halides is 3. The molecule has 0 amide bonds. The standard InChI is InChI=1S/C12H9Cl2F3N4O2/c1-19(2)11-9(21(22)23)5-18-20(11)10-7(13)3-6(4-8(10)14)12(15,16)17/h3-5H,1-2H3. The summed E-state index contributed by atoms with van der Waals surface area (Å²) in [4.78, 5) is 11.8. The molecule has 0 fully saturated rings. The fourth-order valence-corrected chi connectivity index (χ4v) is 2.62. The summed E-state index contributed by atoms with van der Waals surface area (Å²) < 4.78 is 39.3. The number of hydrogen-bond acceptors (Lipinski definition) is 4. The third kappa shape index (κ3) is 3.20. The van der Waals surface area contributed by atoms with Crippen LogP contribution < -0.4 is 4.90 Å². The summed E-state index contributed by atoms with van der Waals surface area (Å²) in [5.41, 5.74) is -1.43. The van der Waals surface area contributed by atoms with Gasteiger partial charge in [-0.2, -0.15) is 18.3 Å². The van der Waals surface area contributed by atoms with Crippen molar-refractivity contribution in [2.24, 2.45) is 0 Å². The van der Waals surface area contributed by atoms with Crippen molar-refractivity contribution >= 4 is 34.7 Å². The molecule has 11 heteroatoms. The molecule has 0 atom stereocenters. The van der Waals surface area contributed by atoms with Crippen molar-refractivity contribution in [3.05, 3.63) is 44.1 Å². The van der Waals surface area contributed by atoms with E-state index in [0.29, 0.717) is 12.1 Å². The molecule has 2 rings (SSSR count). The zero-order valence-corrected chi connectivity index (χ0v) is 13.2.